The van der Waals surface area contributed by atoms with Gasteiger partial charge >= 0.3 is 5.97 Å². The summed E-state index contributed by atoms with van der Waals surface area (Å²) in [4.78, 5) is 28.2. The summed E-state index contributed by atoms with van der Waals surface area (Å²) in [5.74, 6) is -0.456. The van der Waals surface area contributed by atoms with Crippen molar-refractivity contribution in [3.63, 3.8) is 0 Å². The van der Waals surface area contributed by atoms with Crippen molar-refractivity contribution in [3.8, 4) is 0 Å². The van der Waals surface area contributed by atoms with E-state index < -0.39 is 37.5 Å². The highest BCUT2D eigenvalue weighted by Gasteiger charge is 2.31. The summed E-state index contributed by atoms with van der Waals surface area (Å²) in [7, 11) is 0. The molecule has 1 aliphatic rings. The molecule has 0 radical (unpaired) electrons. The third kappa shape index (κ3) is 8.35. The molecule has 1 aliphatic heterocycles. The van der Waals surface area contributed by atoms with E-state index in [0.29, 0.717) is 11.3 Å². The predicted octanol–water partition coefficient (Wildman–Crippen LogP) is 3.75. The Morgan fingerprint density at radius 2 is 1.84 bits per heavy atom. The molecule has 0 bridgehead atoms. The second-order valence-electron chi connectivity index (χ2n) is 9.63. The molecule has 37 heavy (non-hydrogen) atoms. The zero-order chi connectivity index (χ0) is 26.8. The van der Waals surface area contributed by atoms with Crippen molar-refractivity contribution in [2.45, 2.75) is 89.1 Å². The fourth-order valence-electron chi connectivity index (χ4n) is 4.58. The number of amides is 1. The smallest absolute Gasteiger partial charge is 0.348 e. The van der Waals surface area contributed by atoms with Gasteiger partial charge in [0.1, 0.15) is 23.7 Å². The predicted molar refractivity (Wildman–Crippen MR) is 143 cm³/mol. The number of nitrogens with zero attached hydrogens (tertiary/aromatic N) is 1. The lowest BCUT2D eigenvalue weighted by Gasteiger charge is -2.25. The molecule has 1 aromatic heterocycles. The largest absolute Gasteiger partial charge is 0.459 e. The van der Waals surface area contributed by atoms with E-state index >= 15 is 0 Å². The lowest BCUT2D eigenvalue weighted by Crippen LogP contribution is -2.34. The van der Waals surface area contributed by atoms with Crippen molar-refractivity contribution in [3.05, 3.63) is 51.7 Å². The Hall–Kier alpha value is -2.30. The summed E-state index contributed by atoms with van der Waals surface area (Å²) < 4.78 is 5.02. The van der Waals surface area contributed by atoms with Crippen molar-refractivity contribution in [1.29, 1.82) is 0 Å². The van der Waals surface area contributed by atoms with Crippen molar-refractivity contribution in [2.24, 2.45) is 0 Å². The molecule has 4 atom stereocenters. The molecule has 2 heterocycles. The van der Waals surface area contributed by atoms with Gasteiger partial charge in [0.2, 0.25) is 5.91 Å². The molecule has 3 rings (SSSR count). The van der Waals surface area contributed by atoms with Gasteiger partial charge in [0.25, 0.3) is 0 Å². The van der Waals surface area contributed by atoms with E-state index in [2.05, 4.69) is 6.92 Å². The molecule has 0 spiro atoms. The summed E-state index contributed by atoms with van der Waals surface area (Å²) in [6.07, 6.45) is 4.61. The third-order valence-corrected chi connectivity index (χ3v) is 7.93. The van der Waals surface area contributed by atoms with Crippen LogP contribution in [0.3, 0.4) is 0 Å². The van der Waals surface area contributed by atoms with Gasteiger partial charge in [-0.05, 0) is 61.9 Å². The highest BCUT2D eigenvalue weighted by atomic mass is 32.1. The van der Waals surface area contributed by atoms with E-state index in [9.17, 15) is 24.9 Å². The van der Waals surface area contributed by atoms with Gasteiger partial charge in [-0.2, -0.15) is 0 Å². The van der Waals surface area contributed by atoms with Crippen molar-refractivity contribution < 1.29 is 34.8 Å². The molecule has 1 amide bonds. The summed E-state index contributed by atoms with van der Waals surface area (Å²) in [5.41, 5.74) is 1.75. The Morgan fingerprint density at radius 1 is 1.08 bits per heavy atom. The van der Waals surface area contributed by atoms with Crippen LogP contribution in [0, 0.1) is 0 Å². The van der Waals surface area contributed by atoms with E-state index in [1.807, 2.05) is 35.2 Å². The molecule has 0 saturated carbocycles. The zero-order valence-corrected chi connectivity index (χ0v) is 22.2. The molecule has 2 aromatic rings. The summed E-state index contributed by atoms with van der Waals surface area (Å²) in [5, 5.41) is 38.2. The Labute approximate surface area is 222 Å². The highest BCUT2D eigenvalue weighted by molar-refractivity contribution is 7.13. The van der Waals surface area contributed by atoms with E-state index in [-0.39, 0.29) is 11.9 Å². The van der Waals surface area contributed by atoms with Crippen LogP contribution in [0.5, 0.6) is 0 Å². The quantitative estimate of drug-likeness (QED) is 0.203. The number of carbonyl (C=O) groups is 2. The lowest BCUT2D eigenvalue weighted by atomic mass is 10.0. The first kappa shape index (κ1) is 29.3. The molecule has 1 fully saturated rings. The van der Waals surface area contributed by atoms with Gasteiger partial charge in [0.05, 0.1) is 12.7 Å². The van der Waals surface area contributed by atoms with Crippen LogP contribution in [0.4, 0.5) is 5.69 Å². The normalized spacial score (nSPS) is 18.1. The average molecular weight is 534 g/mol. The molecular weight excluding hydrogens is 494 g/mol. The molecule has 4 N–H and O–H groups in total. The number of thiophene rings is 1. The first-order valence-corrected chi connectivity index (χ1v) is 14.0. The number of ether oxygens (including phenoxy) is 1. The van der Waals surface area contributed by atoms with Crippen molar-refractivity contribution >= 4 is 28.9 Å². The minimum Gasteiger partial charge on any atom is -0.459 e. The first-order valence-electron chi connectivity index (χ1n) is 13.2. The maximum absolute atomic E-state index is 12.6. The minimum absolute atomic E-state index is 0.121. The molecule has 9 heteroatoms. The van der Waals surface area contributed by atoms with Gasteiger partial charge in [-0.1, -0.05) is 38.3 Å². The zero-order valence-electron chi connectivity index (χ0n) is 21.4. The monoisotopic (exact) mass is 533 g/mol. The number of esters is 1. The number of aliphatic hydroxyl groups is 4. The number of benzene rings is 1. The fourth-order valence-corrected chi connectivity index (χ4v) is 5.53. The number of rotatable bonds is 15. The Balaban J connectivity index is 1.49. The Bertz CT molecular complexity index is 993. The Kier molecular flexibility index (Phi) is 11.5. The highest BCUT2D eigenvalue weighted by Crippen LogP contribution is 2.31. The van der Waals surface area contributed by atoms with Crippen LogP contribution in [0.15, 0.2) is 36.4 Å². The second kappa shape index (κ2) is 14.6. The molecule has 0 unspecified atom stereocenters. The van der Waals surface area contributed by atoms with E-state index in [4.69, 9.17) is 9.84 Å². The van der Waals surface area contributed by atoms with Gasteiger partial charge in [0, 0.05) is 23.0 Å². The molecular formula is C28H39NO7S. The van der Waals surface area contributed by atoms with Gasteiger partial charge in [-0.15, -0.1) is 11.3 Å². The summed E-state index contributed by atoms with van der Waals surface area (Å²) in [6, 6.07) is 11.4. The number of aryl methyl sites for hydroxylation is 1. The fraction of sp³-hybridized carbons (Fsp3) is 0.571. The van der Waals surface area contributed by atoms with Crippen molar-refractivity contribution in [2.75, 3.05) is 18.1 Å². The number of anilines is 1. The van der Waals surface area contributed by atoms with Crippen LogP contribution >= 0.6 is 11.3 Å². The molecule has 8 nitrogen and oxygen atoms in total. The molecule has 204 valence electrons. The van der Waals surface area contributed by atoms with Gasteiger partial charge < -0.3 is 30.1 Å². The van der Waals surface area contributed by atoms with Crippen LogP contribution in [0.25, 0.3) is 0 Å². The SMILES string of the molecule is CCCCC[C@H](O)c1ccc(N2C(=O)CC[C@@H]2CCCc2ccc(C(=O)OC[C@H](O)[C@@H](O)CO)s2)cc1. The maximum atomic E-state index is 12.6. The van der Waals surface area contributed by atoms with Gasteiger partial charge in [0.15, 0.2) is 0 Å². The van der Waals surface area contributed by atoms with Gasteiger partial charge in [-0.25, -0.2) is 4.79 Å². The maximum Gasteiger partial charge on any atom is 0.348 e. The summed E-state index contributed by atoms with van der Waals surface area (Å²) in [6.45, 7) is 1.14. The Morgan fingerprint density at radius 3 is 2.54 bits per heavy atom. The number of carbonyl (C=O) groups excluding carboxylic acids is 2. The van der Waals surface area contributed by atoms with Gasteiger partial charge in [-0.3, -0.25) is 4.79 Å². The van der Waals surface area contributed by atoms with Crippen LogP contribution < -0.4 is 4.90 Å². The number of hydrogen-bond donors (Lipinski definition) is 4. The number of unbranched alkanes of at least 4 members (excludes halogenated alkanes) is 2. The van der Waals surface area contributed by atoms with Crippen LogP contribution in [-0.2, 0) is 16.0 Å². The number of aliphatic hydroxyl groups excluding tert-OH is 4. The lowest BCUT2D eigenvalue weighted by molar-refractivity contribution is -0.117. The topological polar surface area (TPSA) is 128 Å². The van der Waals surface area contributed by atoms with Crippen LogP contribution in [0.1, 0.15) is 84.5 Å². The standard InChI is InChI=1S/C28H39NO7S/c1-2-3-4-8-23(31)19-9-11-21(12-10-19)29-20(13-16-27(29)34)6-5-7-22-14-15-26(37-22)28(35)36-18-25(33)24(32)17-30/h9-12,14-15,20,23-25,30-33H,2-8,13,16-18H2,1H3/t20-,23-,24-,25-/m0/s1. The van der Waals surface area contributed by atoms with Crippen LogP contribution in [0.2, 0.25) is 0 Å². The summed E-state index contributed by atoms with van der Waals surface area (Å²) >= 11 is 1.33. The van der Waals surface area contributed by atoms with E-state index in [0.717, 1.165) is 67.5 Å². The molecule has 0 aliphatic carbocycles. The third-order valence-electron chi connectivity index (χ3n) is 6.80. The number of hydrogen-bond acceptors (Lipinski definition) is 8. The second-order valence-corrected chi connectivity index (χ2v) is 10.8. The molecule has 1 saturated heterocycles. The average Bonchev–Trinajstić information content (AvgIpc) is 3.53. The van der Waals surface area contributed by atoms with Crippen LogP contribution in [-0.4, -0.2) is 63.8 Å². The van der Waals surface area contributed by atoms with Crippen molar-refractivity contribution in [1.82, 2.24) is 0 Å². The van der Waals surface area contributed by atoms with E-state index in [1.54, 1.807) is 6.07 Å². The molecule has 1 aromatic carbocycles. The van der Waals surface area contributed by atoms with E-state index in [1.165, 1.54) is 11.3 Å². The first-order chi connectivity index (χ1) is 17.8. The minimum atomic E-state index is -1.35.